The summed E-state index contributed by atoms with van der Waals surface area (Å²) < 4.78 is 0. The molecule has 0 aromatic heterocycles. The van der Waals surface area contributed by atoms with E-state index in [4.69, 9.17) is 4.98 Å². The van der Waals surface area contributed by atoms with Crippen molar-refractivity contribution in [1.29, 1.82) is 0 Å². The molecule has 3 rings (SSSR count). The van der Waals surface area contributed by atoms with Crippen LogP contribution in [0, 0.1) is 19.8 Å². The fourth-order valence-electron chi connectivity index (χ4n) is 3.99. The Balaban J connectivity index is 0.000000525. The molecule has 0 unspecified atom stereocenters. The van der Waals surface area contributed by atoms with Crippen LogP contribution in [-0.4, -0.2) is 13.8 Å². The summed E-state index contributed by atoms with van der Waals surface area (Å²) >= 11 is 0. The van der Waals surface area contributed by atoms with Gasteiger partial charge in [-0.25, -0.2) is 0 Å². The minimum Gasteiger partial charge on any atom is -0.656 e. The van der Waals surface area contributed by atoms with E-state index in [1.807, 2.05) is 60.7 Å². The van der Waals surface area contributed by atoms with Gasteiger partial charge in [0.05, 0.1) is 0 Å². The molecule has 0 saturated carbocycles. The molecule has 0 atom stereocenters. The van der Waals surface area contributed by atoms with Crippen molar-refractivity contribution >= 4 is 8.24 Å². The van der Waals surface area contributed by atoms with Gasteiger partial charge in [0, 0.05) is 5.92 Å². The third-order valence-electron chi connectivity index (χ3n) is 5.35. The van der Waals surface area contributed by atoms with Crippen LogP contribution in [0.4, 0.5) is 0 Å². The average Bonchev–Trinajstić information content (AvgIpc) is 2.85. The van der Waals surface area contributed by atoms with E-state index in [-0.39, 0.29) is 27.3 Å². The second kappa shape index (κ2) is 13.3. The van der Waals surface area contributed by atoms with E-state index < -0.39 is 8.24 Å². The van der Waals surface area contributed by atoms with Gasteiger partial charge in [-0.15, -0.1) is 29.8 Å². The molecule has 0 fully saturated rings. The van der Waals surface area contributed by atoms with Gasteiger partial charge in [-0.2, -0.15) is 49.2 Å². The van der Waals surface area contributed by atoms with E-state index in [9.17, 15) is 0 Å². The Morgan fingerprint density at radius 2 is 1.03 bits per heavy atom. The van der Waals surface area contributed by atoms with Crippen LogP contribution in [-0.2, 0) is 21.7 Å². The third-order valence-corrected chi connectivity index (χ3v) is 8.55. The first-order valence-electron chi connectivity index (χ1n) is 11.0. The molecular weight excluding hydrogens is 438 g/mol. The summed E-state index contributed by atoms with van der Waals surface area (Å²) in [5, 5.41) is 1.56. The van der Waals surface area contributed by atoms with Crippen molar-refractivity contribution in [1.82, 2.24) is 0 Å². The predicted octanol–water partition coefficient (Wildman–Crippen LogP) is 8.90. The first-order chi connectivity index (χ1) is 14.3. The molecule has 1 nitrogen and oxygen atoms in total. The van der Waals surface area contributed by atoms with Crippen LogP contribution in [0.1, 0.15) is 59.6 Å². The van der Waals surface area contributed by atoms with Crippen molar-refractivity contribution < 1.29 is 21.7 Å². The first-order valence-corrected chi connectivity index (χ1v) is 13.9. The molecule has 2 aromatic carbocycles. The smallest absolute Gasteiger partial charge is 0.656 e. The van der Waals surface area contributed by atoms with Gasteiger partial charge in [0.15, 0.2) is 0 Å². The summed E-state index contributed by atoms with van der Waals surface area (Å²) in [5.74, 6) is 1.48. The molecule has 0 bridgehead atoms. The van der Waals surface area contributed by atoms with Gasteiger partial charge in [0.1, 0.15) is 0 Å². The average molecular weight is 480 g/mol. The maximum absolute atomic E-state index is 5.13. The number of nitrogens with zero attached hydrogens (tertiary/aromatic N) is 1. The summed E-state index contributed by atoms with van der Waals surface area (Å²) in [5.41, 5.74) is 6.60. The molecular formula is C29H41NSiTi. The molecule has 3 heteroatoms. The summed E-state index contributed by atoms with van der Waals surface area (Å²) in [6, 6.07) is 19.7. The Bertz CT molecular complexity index is 837. The Kier molecular flexibility index (Phi) is 12.7. The van der Waals surface area contributed by atoms with Crippen LogP contribution < -0.4 is 0 Å². The SMILES string of the molecule is C[C]1C(C)=C(C)C(C)=C1[Si](C)(C)[N-]C(C)(C)C.[CH2-]c1ccccc1.[CH2-]c1ccccc1.[Ti+3]. The maximum atomic E-state index is 5.13. The Labute approximate surface area is 214 Å². The van der Waals surface area contributed by atoms with Crippen LogP contribution in [0.5, 0.6) is 0 Å². The molecule has 0 N–H and O–H groups in total. The van der Waals surface area contributed by atoms with E-state index in [0.717, 1.165) is 11.1 Å². The zero-order chi connectivity index (χ0) is 23.8. The van der Waals surface area contributed by atoms with Crippen LogP contribution in [0.2, 0.25) is 13.1 Å². The number of hydrogen-bond acceptors (Lipinski definition) is 0. The molecule has 0 saturated heterocycles. The van der Waals surface area contributed by atoms with E-state index in [2.05, 4.69) is 75.4 Å². The van der Waals surface area contributed by atoms with Crippen molar-refractivity contribution in [3.05, 3.63) is 118 Å². The molecule has 0 heterocycles. The van der Waals surface area contributed by atoms with E-state index in [0.29, 0.717) is 0 Å². The van der Waals surface area contributed by atoms with Gasteiger partial charge in [-0.3, -0.25) is 0 Å². The zero-order valence-electron chi connectivity index (χ0n) is 21.6. The van der Waals surface area contributed by atoms with E-state index >= 15 is 0 Å². The maximum Gasteiger partial charge on any atom is 3.00 e. The number of rotatable bonds is 2. The van der Waals surface area contributed by atoms with Crippen LogP contribution in [0.3, 0.4) is 0 Å². The molecule has 0 aliphatic heterocycles. The molecule has 1 aliphatic carbocycles. The second-order valence-electron chi connectivity index (χ2n) is 9.69. The molecule has 0 amide bonds. The standard InChI is InChI=1S/C15H27NSi.2C7H7.Ti/c1-10-11(2)13(4)14(12(10)3)17(8,9)16-15(5,6)7;2*1-7-5-3-2-4-6-7;/h1-9H3;2*2-6H,1H2;/q3*-1;+3. The molecule has 2 aromatic rings. The second-order valence-corrected chi connectivity index (χ2v) is 13.5. The van der Waals surface area contributed by atoms with Gasteiger partial charge in [0.2, 0.25) is 0 Å². The summed E-state index contributed by atoms with van der Waals surface area (Å²) in [6.45, 7) is 27.8. The van der Waals surface area contributed by atoms with Crippen molar-refractivity contribution in [2.45, 2.75) is 67.1 Å². The van der Waals surface area contributed by atoms with Gasteiger partial charge >= 0.3 is 21.7 Å². The summed E-state index contributed by atoms with van der Waals surface area (Å²) in [7, 11) is -1.69. The Morgan fingerprint density at radius 3 is 1.25 bits per heavy atom. The van der Waals surface area contributed by atoms with E-state index in [1.165, 1.54) is 22.6 Å². The third kappa shape index (κ3) is 10.0. The van der Waals surface area contributed by atoms with Crippen molar-refractivity contribution in [3.8, 4) is 0 Å². The largest absolute Gasteiger partial charge is 3.00 e. The minimum atomic E-state index is -1.69. The molecule has 170 valence electrons. The number of hydrogen-bond donors (Lipinski definition) is 0. The van der Waals surface area contributed by atoms with Crippen molar-refractivity contribution in [2.75, 3.05) is 0 Å². The number of benzene rings is 2. The van der Waals surface area contributed by atoms with Gasteiger partial charge in [-0.05, 0) is 34.6 Å². The topological polar surface area (TPSA) is 14.1 Å². The first kappa shape index (κ1) is 30.6. The van der Waals surface area contributed by atoms with Crippen LogP contribution >= 0.6 is 0 Å². The minimum absolute atomic E-state index is 0. The quantitative estimate of drug-likeness (QED) is 0.302. The van der Waals surface area contributed by atoms with Crippen molar-refractivity contribution in [2.24, 2.45) is 0 Å². The van der Waals surface area contributed by atoms with Gasteiger partial charge in [0.25, 0.3) is 0 Å². The summed E-state index contributed by atoms with van der Waals surface area (Å²) in [4.78, 5) is 5.13. The predicted molar refractivity (Wildman–Crippen MR) is 142 cm³/mol. The fourth-order valence-corrected chi connectivity index (χ4v) is 7.99. The fraction of sp³-hybridized carbons (Fsp3) is 0.345. The Morgan fingerprint density at radius 1 is 0.656 bits per heavy atom. The molecule has 0 spiro atoms. The van der Waals surface area contributed by atoms with E-state index in [1.54, 1.807) is 5.20 Å². The zero-order valence-corrected chi connectivity index (χ0v) is 24.2. The van der Waals surface area contributed by atoms with Crippen molar-refractivity contribution in [3.63, 3.8) is 0 Å². The Hall–Kier alpha value is -1.45. The van der Waals surface area contributed by atoms with Gasteiger partial charge in [-0.1, -0.05) is 69.3 Å². The molecule has 2 radical (unpaired) electrons. The monoisotopic (exact) mass is 479 g/mol. The molecule has 32 heavy (non-hydrogen) atoms. The normalized spacial score (nSPS) is 14.2. The number of allylic oxidation sites excluding steroid dienone is 4. The van der Waals surface area contributed by atoms with Gasteiger partial charge < -0.3 is 4.98 Å². The summed E-state index contributed by atoms with van der Waals surface area (Å²) in [6.07, 6.45) is 0. The van der Waals surface area contributed by atoms with Crippen LogP contribution in [0.25, 0.3) is 4.98 Å². The molecule has 1 aliphatic rings. The van der Waals surface area contributed by atoms with Crippen LogP contribution in [0.15, 0.2) is 82.6 Å².